The van der Waals surface area contributed by atoms with Gasteiger partial charge in [-0.25, -0.2) is 0 Å². The topological polar surface area (TPSA) is 21.3 Å². The molecule has 17 heavy (non-hydrogen) atoms. The number of hydrogen-bond acceptors (Lipinski definition) is 3. The summed E-state index contributed by atoms with van der Waals surface area (Å²) >= 11 is 1.85. The Bertz CT molecular complexity index is 335. The van der Waals surface area contributed by atoms with Crippen molar-refractivity contribution in [3.63, 3.8) is 0 Å². The van der Waals surface area contributed by atoms with Crippen molar-refractivity contribution in [2.24, 2.45) is 0 Å². The maximum atomic E-state index is 5.24. The molecule has 0 amide bonds. The lowest BCUT2D eigenvalue weighted by Gasteiger charge is -2.09. The highest BCUT2D eigenvalue weighted by Crippen LogP contribution is 2.21. The molecule has 3 heteroatoms. The van der Waals surface area contributed by atoms with Gasteiger partial charge in [-0.2, -0.15) is 0 Å². The number of benzene rings is 1. The molecule has 2 nitrogen and oxygen atoms in total. The van der Waals surface area contributed by atoms with E-state index in [1.807, 2.05) is 11.8 Å². The van der Waals surface area contributed by atoms with Crippen molar-refractivity contribution in [1.29, 1.82) is 0 Å². The maximum Gasteiger partial charge on any atom is 0.0637 e. The third-order valence-electron chi connectivity index (χ3n) is 2.98. The first-order chi connectivity index (χ1) is 8.28. The van der Waals surface area contributed by atoms with Crippen LogP contribution in [-0.2, 0) is 11.3 Å². The molecule has 0 radical (unpaired) electrons. The summed E-state index contributed by atoms with van der Waals surface area (Å²) in [6.07, 6.45) is 3.02. The van der Waals surface area contributed by atoms with Crippen LogP contribution in [0, 0.1) is 0 Å². The molecule has 0 spiro atoms. The first kappa shape index (κ1) is 12.9. The summed E-state index contributed by atoms with van der Waals surface area (Å²) in [6.45, 7) is 3.10. The summed E-state index contributed by atoms with van der Waals surface area (Å²) in [5, 5.41) is 3.52. The average Bonchev–Trinajstić information content (AvgIpc) is 3.18. The lowest BCUT2D eigenvalue weighted by Crippen LogP contribution is -2.15. The third kappa shape index (κ3) is 4.70. The molecule has 1 aliphatic carbocycles. The van der Waals surface area contributed by atoms with Crippen LogP contribution in [0.4, 0.5) is 0 Å². The van der Waals surface area contributed by atoms with Crippen molar-refractivity contribution in [2.45, 2.75) is 43.4 Å². The Morgan fingerprint density at radius 1 is 1.35 bits per heavy atom. The maximum absolute atomic E-state index is 5.24. The summed E-state index contributed by atoms with van der Waals surface area (Å²) in [5.41, 5.74) is 1.38. The van der Waals surface area contributed by atoms with Gasteiger partial charge in [-0.05, 0) is 37.5 Å². The van der Waals surface area contributed by atoms with Crippen LogP contribution in [0.5, 0.6) is 0 Å². The smallest absolute Gasteiger partial charge is 0.0637 e. The number of thioether (sulfide) groups is 1. The molecule has 0 aromatic heterocycles. The highest BCUT2D eigenvalue weighted by Gasteiger charge is 2.19. The Labute approximate surface area is 108 Å². The quantitative estimate of drug-likeness (QED) is 0.753. The third-order valence-corrected chi connectivity index (χ3v) is 4.22. The van der Waals surface area contributed by atoms with Gasteiger partial charge >= 0.3 is 0 Å². The molecule has 2 rings (SSSR count). The fourth-order valence-electron chi connectivity index (χ4n) is 1.53. The monoisotopic (exact) mass is 251 g/mol. The van der Waals surface area contributed by atoms with Crippen molar-refractivity contribution in [1.82, 2.24) is 5.32 Å². The van der Waals surface area contributed by atoms with Gasteiger partial charge in [-0.15, -0.1) is 11.8 Å². The lowest BCUT2D eigenvalue weighted by atomic mass is 10.2. The largest absolute Gasteiger partial charge is 0.381 e. The fourth-order valence-corrected chi connectivity index (χ4v) is 2.43. The summed E-state index contributed by atoms with van der Waals surface area (Å²) in [5.74, 6) is 1.01. The molecule has 0 aliphatic heterocycles. The minimum atomic E-state index is 0.316. The Morgan fingerprint density at radius 2 is 2.06 bits per heavy atom. The molecule has 1 N–H and O–H groups in total. The van der Waals surface area contributed by atoms with E-state index in [2.05, 4.69) is 36.5 Å². The van der Waals surface area contributed by atoms with E-state index in [0.717, 1.165) is 18.3 Å². The number of methoxy groups -OCH3 is 1. The highest BCUT2D eigenvalue weighted by molar-refractivity contribution is 7.99. The second kappa shape index (κ2) is 6.43. The van der Waals surface area contributed by atoms with E-state index >= 15 is 0 Å². The molecule has 0 saturated heterocycles. The van der Waals surface area contributed by atoms with Gasteiger partial charge in [-0.1, -0.05) is 12.1 Å². The molecular weight excluding hydrogens is 230 g/mol. The average molecular weight is 251 g/mol. The second-order valence-corrected chi connectivity index (χ2v) is 5.75. The van der Waals surface area contributed by atoms with Gasteiger partial charge in [-0.3, -0.25) is 0 Å². The molecule has 1 atom stereocenters. The first-order valence-corrected chi connectivity index (χ1v) is 7.24. The van der Waals surface area contributed by atoms with Crippen LogP contribution < -0.4 is 5.32 Å². The summed E-state index contributed by atoms with van der Waals surface area (Å²) in [6, 6.07) is 9.63. The van der Waals surface area contributed by atoms with Gasteiger partial charge in [0.15, 0.2) is 0 Å². The van der Waals surface area contributed by atoms with Crippen molar-refractivity contribution in [3.05, 3.63) is 29.8 Å². The van der Waals surface area contributed by atoms with E-state index in [-0.39, 0.29) is 0 Å². The molecule has 1 saturated carbocycles. The predicted molar refractivity (Wildman–Crippen MR) is 73.5 cm³/mol. The molecule has 0 bridgehead atoms. The molecular formula is C14H21NOS. The zero-order valence-corrected chi connectivity index (χ0v) is 11.4. The van der Waals surface area contributed by atoms with Crippen LogP contribution in [0.3, 0.4) is 0 Å². The summed E-state index contributed by atoms with van der Waals surface area (Å²) in [4.78, 5) is 1.32. The van der Waals surface area contributed by atoms with Gasteiger partial charge in [0.25, 0.3) is 0 Å². The molecule has 1 fully saturated rings. The predicted octanol–water partition coefficient (Wildman–Crippen LogP) is 3.07. The standard InChI is InChI=1S/C14H21NOS/c1-11(16-2)10-17-14-7-3-12(4-8-14)9-15-13-5-6-13/h3-4,7-8,11,13,15H,5-6,9-10H2,1-2H3. The van der Waals surface area contributed by atoms with Crippen LogP contribution >= 0.6 is 11.8 Å². The zero-order valence-electron chi connectivity index (χ0n) is 10.6. The van der Waals surface area contributed by atoms with Crippen LogP contribution in [0.25, 0.3) is 0 Å². The Morgan fingerprint density at radius 3 is 2.65 bits per heavy atom. The van der Waals surface area contributed by atoms with E-state index in [1.165, 1.54) is 23.3 Å². The number of nitrogens with one attached hydrogen (secondary N) is 1. The van der Waals surface area contributed by atoms with Crippen molar-refractivity contribution in [3.8, 4) is 0 Å². The van der Waals surface area contributed by atoms with E-state index in [1.54, 1.807) is 7.11 Å². The number of rotatable bonds is 7. The van der Waals surface area contributed by atoms with E-state index in [0.29, 0.717) is 6.10 Å². The minimum Gasteiger partial charge on any atom is -0.381 e. The Kier molecular flexibility index (Phi) is 4.89. The normalized spacial score (nSPS) is 17.1. The van der Waals surface area contributed by atoms with Crippen molar-refractivity contribution >= 4 is 11.8 Å². The zero-order chi connectivity index (χ0) is 12.1. The summed E-state index contributed by atoms with van der Waals surface area (Å²) < 4.78 is 5.24. The van der Waals surface area contributed by atoms with E-state index < -0.39 is 0 Å². The van der Waals surface area contributed by atoms with Crippen LogP contribution in [0.15, 0.2) is 29.2 Å². The van der Waals surface area contributed by atoms with E-state index in [4.69, 9.17) is 4.74 Å². The van der Waals surface area contributed by atoms with Gasteiger partial charge < -0.3 is 10.1 Å². The highest BCUT2D eigenvalue weighted by atomic mass is 32.2. The Hall–Kier alpha value is -0.510. The second-order valence-electron chi connectivity index (χ2n) is 4.66. The molecule has 1 unspecified atom stereocenters. The summed E-state index contributed by atoms with van der Waals surface area (Å²) in [7, 11) is 1.76. The van der Waals surface area contributed by atoms with E-state index in [9.17, 15) is 0 Å². The molecule has 1 aromatic carbocycles. The van der Waals surface area contributed by atoms with Gasteiger partial charge in [0.1, 0.15) is 0 Å². The van der Waals surface area contributed by atoms with Crippen LogP contribution in [0.2, 0.25) is 0 Å². The van der Waals surface area contributed by atoms with Crippen LogP contribution in [-0.4, -0.2) is 25.0 Å². The van der Waals surface area contributed by atoms with Gasteiger partial charge in [0.05, 0.1) is 6.10 Å². The van der Waals surface area contributed by atoms with Crippen LogP contribution in [0.1, 0.15) is 25.3 Å². The lowest BCUT2D eigenvalue weighted by molar-refractivity contribution is 0.138. The SMILES string of the molecule is COC(C)CSc1ccc(CNC2CC2)cc1. The number of hydrogen-bond donors (Lipinski definition) is 1. The fraction of sp³-hybridized carbons (Fsp3) is 0.571. The molecule has 1 aromatic rings. The minimum absolute atomic E-state index is 0.316. The molecule has 1 aliphatic rings. The van der Waals surface area contributed by atoms with Gasteiger partial charge in [0.2, 0.25) is 0 Å². The van der Waals surface area contributed by atoms with Gasteiger partial charge in [0, 0.05) is 30.3 Å². The van der Waals surface area contributed by atoms with Crippen molar-refractivity contribution in [2.75, 3.05) is 12.9 Å². The molecule has 0 heterocycles. The van der Waals surface area contributed by atoms with Crippen molar-refractivity contribution < 1.29 is 4.74 Å². The Balaban J connectivity index is 1.75. The number of ether oxygens (including phenoxy) is 1. The first-order valence-electron chi connectivity index (χ1n) is 6.26. The molecule has 94 valence electrons.